The van der Waals surface area contributed by atoms with Crippen LogP contribution in [0.1, 0.15) is 43.0 Å². The summed E-state index contributed by atoms with van der Waals surface area (Å²) in [5.74, 6) is 0.00213. The number of nitrogens with one attached hydrogen (secondary N) is 1. The Kier molecular flexibility index (Phi) is 3.39. The number of halogens is 1. The molecule has 1 aliphatic rings. The smallest absolute Gasteiger partial charge is 0.127 e. The fourth-order valence-corrected chi connectivity index (χ4v) is 2.86. The van der Waals surface area contributed by atoms with E-state index in [4.69, 9.17) is 5.26 Å². The van der Waals surface area contributed by atoms with E-state index in [0.717, 1.165) is 23.2 Å². The van der Waals surface area contributed by atoms with Crippen LogP contribution in [-0.2, 0) is 5.41 Å². The summed E-state index contributed by atoms with van der Waals surface area (Å²) in [5.41, 5.74) is 3.10. The molecule has 98 valence electrons. The van der Waals surface area contributed by atoms with Gasteiger partial charge in [-0.1, -0.05) is 32.0 Å². The van der Waals surface area contributed by atoms with Crippen molar-refractivity contribution in [3.05, 3.63) is 53.1 Å². The van der Waals surface area contributed by atoms with Gasteiger partial charge in [-0.2, -0.15) is 5.10 Å². The van der Waals surface area contributed by atoms with Crippen LogP contribution in [0.15, 0.2) is 30.5 Å². The van der Waals surface area contributed by atoms with E-state index in [1.807, 2.05) is 18.3 Å². The number of nitrogens with zero attached hydrogens (tertiary/aromatic N) is 2. The van der Waals surface area contributed by atoms with Gasteiger partial charge in [0.2, 0.25) is 0 Å². The summed E-state index contributed by atoms with van der Waals surface area (Å²) in [6.45, 7) is 7.84. The Morgan fingerprint density at radius 1 is 1.32 bits per heavy atom. The van der Waals surface area contributed by atoms with Crippen molar-refractivity contribution in [2.45, 2.75) is 31.6 Å². The molecule has 1 aromatic heterocycles. The average Bonchev–Trinajstić information content (AvgIpc) is 2.97. The SMILES string of the molecule is C#N.CC1(C)CC(c2ccccc2F)c2cn[nH]c21. The number of aromatic amines is 1. The van der Waals surface area contributed by atoms with E-state index in [1.165, 1.54) is 6.07 Å². The highest BCUT2D eigenvalue weighted by Crippen LogP contribution is 2.47. The fraction of sp³-hybridized carbons (Fsp3) is 0.333. The Morgan fingerprint density at radius 2 is 2.00 bits per heavy atom. The zero-order valence-corrected chi connectivity index (χ0v) is 11.0. The molecule has 1 heterocycles. The highest BCUT2D eigenvalue weighted by Gasteiger charge is 2.40. The lowest BCUT2D eigenvalue weighted by molar-refractivity contribution is 0.475. The quantitative estimate of drug-likeness (QED) is 0.850. The first kappa shape index (κ1) is 13.3. The van der Waals surface area contributed by atoms with E-state index in [0.29, 0.717) is 0 Å². The fourth-order valence-electron chi connectivity index (χ4n) is 2.86. The van der Waals surface area contributed by atoms with Gasteiger partial charge in [-0.25, -0.2) is 9.65 Å². The molecule has 1 aliphatic carbocycles. The van der Waals surface area contributed by atoms with Crippen molar-refractivity contribution in [2.75, 3.05) is 0 Å². The summed E-state index contributed by atoms with van der Waals surface area (Å²) in [7, 11) is 0. The van der Waals surface area contributed by atoms with Crippen LogP contribution in [0.25, 0.3) is 0 Å². The summed E-state index contributed by atoms with van der Waals surface area (Å²) in [6, 6.07) is 7.03. The monoisotopic (exact) mass is 257 g/mol. The van der Waals surface area contributed by atoms with E-state index in [1.54, 1.807) is 6.07 Å². The summed E-state index contributed by atoms with van der Waals surface area (Å²) in [5, 5.41) is 13.7. The molecular formula is C15H16FN3. The molecule has 1 aromatic carbocycles. The van der Waals surface area contributed by atoms with E-state index < -0.39 is 0 Å². The second-order valence-electron chi connectivity index (χ2n) is 5.36. The molecule has 0 aliphatic heterocycles. The third-order valence-electron chi connectivity index (χ3n) is 3.72. The van der Waals surface area contributed by atoms with Crippen LogP contribution in [0.2, 0.25) is 0 Å². The van der Waals surface area contributed by atoms with E-state index in [2.05, 4.69) is 30.6 Å². The number of hydrogen-bond acceptors (Lipinski definition) is 2. The lowest BCUT2D eigenvalue weighted by Gasteiger charge is -2.18. The van der Waals surface area contributed by atoms with Gasteiger partial charge in [-0.3, -0.25) is 5.10 Å². The molecule has 3 nitrogen and oxygen atoms in total. The minimum Gasteiger partial charge on any atom is -0.282 e. The van der Waals surface area contributed by atoms with Crippen LogP contribution in [0.5, 0.6) is 0 Å². The average molecular weight is 257 g/mol. The second-order valence-corrected chi connectivity index (χ2v) is 5.36. The largest absolute Gasteiger partial charge is 0.282 e. The molecule has 3 rings (SSSR count). The lowest BCUT2D eigenvalue weighted by atomic mass is 9.86. The Hall–Kier alpha value is -2.15. The van der Waals surface area contributed by atoms with Crippen LogP contribution in [-0.4, -0.2) is 10.2 Å². The number of benzene rings is 1. The molecular weight excluding hydrogens is 241 g/mol. The standard InChI is InChI=1S/C14H15FN2.CHN/c1-14(2)7-10(11-8-16-17-13(11)14)9-5-3-4-6-12(9)15;1-2/h3-6,8,10H,7H2,1-2H3,(H,16,17);1H. The highest BCUT2D eigenvalue weighted by molar-refractivity contribution is 5.42. The normalized spacial score (nSPS) is 19.3. The minimum atomic E-state index is -0.123. The Balaban J connectivity index is 0.000000637. The molecule has 1 unspecified atom stereocenters. The third kappa shape index (κ3) is 2.12. The summed E-state index contributed by atoms with van der Waals surface area (Å²) < 4.78 is 13.9. The molecule has 19 heavy (non-hydrogen) atoms. The zero-order valence-electron chi connectivity index (χ0n) is 11.0. The van der Waals surface area contributed by atoms with Crippen molar-refractivity contribution in [3.63, 3.8) is 0 Å². The molecule has 1 atom stereocenters. The van der Waals surface area contributed by atoms with Gasteiger partial charge < -0.3 is 0 Å². The van der Waals surface area contributed by atoms with Crippen LogP contribution < -0.4 is 0 Å². The van der Waals surface area contributed by atoms with Gasteiger partial charge in [0.25, 0.3) is 0 Å². The Labute approximate surface area is 112 Å². The summed E-state index contributed by atoms with van der Waals surface area (Å²) in [4.78, 5) is 0. The molecule has 0 fully saturated rings. The van der Waals surface area contributed by atoms with Gasteiger partial charge in [0.05, 0.1) is 6.20 Å². The molecule has 0 spiro atoms. The van der Waals surface area contributed by atoms with E-state index in [9.17, 15) is 4.39 Å². The van der Waals surface area contributed by atoms with Crippen molar-refractivity contribution in [2.24, 2.45) is 0 Å². The van der Waals surface area contributed by atoms with Crippen LogP contribution in [0, 0.1) is 17.7 Å². The van der Waals surface area contributed by atoms with E-state index in [-0.39, 0.29) is 17.2 Å². The minimum absolute atomic E-state index is 0.0405. The second kappa shape index (κ2) is 4.85. The van der Waals surface area contributed by atoms with Crippen LogP contribution in [0.3, 0.4) is 0 Å². The number of fused-ring (bicyclic) bond motifs is 1. The van der Waals surface area contributed by atoms with Gasteiger partial charge in [0, 0.05) is 29.2 Å². The van der Waals surface area contributed by atoms with Crippen LogP contribution >= 0.6 is 0 Å². The maximum atomic E-state index is 13.9. The molecule has 2 aromatic rings. The van der Waals surface area contributed by atoms with Gasteiger partial charge in [-0.15, -0.1) is 0 Å². The van der Waals surface area contributed by atoms with Gasteiger partial charge in [-0.05, 0) is 18.1 Å². The summed E-state index contributed by atoms with van der Waals surface area (Å²) in [6.07, 6.45) is 2.76. The topological polar surface area (TPSA) is 52.5 Å². The molecule has 0 amide bonds. The Bertz CT molecular complexity index is 598. The molecule has 0 saturated carbocycles. The predicted octanol–water partition coefficient (Wildman–Crippen LogP) is 3.50. The highest BCUT2D eigenvalue weighted by atomic mass is 19.1. The molecule has 1 N–H and O–H groups in total. The molecule has 0 radical (unpaired) electrons. The van der Waals surface area contributed by atoms with E-state index >= 15 is 0 Å². The zero-order chi connectivity index (χ0) is 14.0. The Morgan fingerprint density at radius 3 is 2.68 bits per heavy atom. The van der Waals surface area contributed by atoms with Crippen molar-refractivity contribution in [1.29, 1.82) is 5.26 Å². The van der Waals surface area contributed by atoms with Gasteiger partial charge >= 0.3 is 0 Å². The first-order valence-electron chi connectivity index (χ1n) is 6.13. The van der Waals surface area contributed by atoms with Crippen molar-refractivity contribution >= 4 is 0 Å². The van der Waals surface area contributed by atoms with Gasteiger partial charge in [0.1, 0.15) is 5.82 Å². The predicted molar refractivity (Wildman–Crippen MR) is 71.1 cm³/mol. The number of H-pyrrole nitrogens is 1. The van der Waals surface area contributed by atoms with Crippen molar-refractivity contribution in [1.82, 2.24) is 10.2 Å². The molecule has 4 heteroatoms. The van der Waals surface area contributed by atoms with Crippen molar-refractivity contribution in [3.8, 4) is 6.57 Å². The molecule has 0 bridgehead atoms. The third-order valence-corrected chi connectivity index (χ3v) is 3.72. The number of hydrogen-bond donors (Lipinski definition) is 1. The van der Waals surface area contributed by atoms with Crippen LogP contribution in [0.4, 0.5) is 4.39 Å². The number of nitriles is 1. The molecule has 0 saturated heterocycles. The maximum Gasteiger partial charge on any atom is 0.127 e. The first-order chi connectivity index (χ1) is 9.09. The number of rotatable bonds is 1. The van der Waals surface area contributed by atoms with Crippen molar-refractivity contribution < 1.29 is 4.39 Å². The van der Waals surface area contributed by atoms with Gasteiger partial charge in [0.15, 0.2) is 0 Å². The summed E-state index contributed by atoms with van der Waals surface area (Å²) >= 11 is 0. The number of aromatic nitrogens is 2. The maximum absolute atomic E-state index is 13.9. The first-order valence-corrected chi connectivity index (χ1v) is 6.13. The lowest BCUT2D eigenvalue weighted by Crippen LogP contribution is -2.14.